The molecule has 2 atom stereocenters. The van der Waals surface area contributed by atoms with Crippen LogP contribution in [-0.2, 0) is 20.7 Å². The summed E-state index contributed by atoms with van der Waals surface area (Å²) in [6, 6.07) is 6.01. The molecule has 2 aliphatic rings. The van der Waals surface area contributed by atoms with Crippen molar-refractivity contribution in [2.45, 2.75) is 38.4 Å². The van der Waals surface area contributed by atoms with Gasteiger partial charge in [-0.2, -0.15) is 0 Å². The lowest BCUT2D eigenvalue weighted by Crippen LogP contribution is -2.39. The molecule has 0 aliphatic carbocycles. The van der Waals surface area contributed by atoms with Gasteiger partial charge in [0.05, 0.1) is 0 Å². The molecular formula is C15H17NO4. The van der Waals surface area contributed by atoms with Crippen LogP contribution in [0.3, 0.4) is 0 Å². The van der Waals surface area contributed by atoms with Crippen LogP contribution in [0.15, 0.2) is 18.2 Å². The Hall–Kier alpha value is -1.88. The summed E-state index contributed by atoms with van der Waals surface area (Å²) >= 11 is 0. The van der Waals surface area contributed by atoms with Crippen molar-refractivity contribution in [2.24, 2.45) is 0 Å². The highest BCUT2D eigenvalue weighted by Crippen LogP contribution is 2.33. The Balaban J connectivity index is 1.79. The van der Waals surface area contributed by atoms with Crippen LogP contribution in [0, 0.1) is 6.92 Å². The molecule has 1 aromatic rings. The molecular weight excluding hydrogens is 258 g/mol. The smallest absolute Gasteiger partial charge is 0.332 e. The number of carbonyl (C=O) groups is 2. The van der Waals surface area contributed by atoms with Crippen LogP contribution in [0.1, 0.15) is 24.0 Å². The molecule has 1 N–H and O–H groups in total. The van der Waals surface area contributed by atoms with Crippen molar-refractivity contribution >= 4 is 17.6 Å². The first-order chi connectivity index (χ1) is 9.58. The van der Waals surface area contributed by atoms with E-state index in [0.29, 0.717) is 19.4 Å². The Morgan fingerprint density at radius 3 is 2.75 bits per heavy atom. The molecule has 0 unspecified atom stereocenters. The average Bonchev–Trinajstić information content (AvgIpc) is 3.05. The van der Waals surface area contributed by atoms with Gasteiger partial charge in [-0.3, -0.25) is 4.79 Å². The van der Waals surface area contributed by atoms with E-state index in [0.717, 1.165) is 17.7 Å². The lowest BCUT2D eigenvalue weighted by molar-refractivity contribution is -0.151. The number of hydrogen-bond acceptors (Lipinski definition) is 3. The third-order valence-electron chi connectivity index (χ3n) is 4.03. The van der Waals surface area contributed by atoms with E-state index in [1.807, 2.05) is 25.1 Å². The van der Waals surface area contributed by atoms with Gasteiger partial charge in [0.2, 0.25) is 0 Å². The zero-order valence-electron chi connectivity index (χ0n) is 11.3. The minimum absolute atomic E-state index is 0.109. The van der Waals surface area contributed by atoms with E-state index in [1.54, 1.807) is 4.90 Å². The largest absolute Gasteiger partial charge is 0.479 e. The van der Waals surface area contributed by atoms with Gasteiger partial charge in [0.15, 0.2) is 6.10 Å². The van der Waals surface area contributed by atoms with Gasteiger partial charge in [-0.15, -0.1) is 0 Å². The van der Waals surface area contributed by atoms with Crippen LogP contribution < -0.4 is 4.90 Å². The van der Waals surface area contributed by atoms with Crippen molar-refractivity contribution in [3.8, 4) is 0 Å². The summed E-state index contributed by atoms with van der Waals surface area (Å²) < 4.78 is 5.36. The van der Waals surface area contributed by atoms with Gasteiger partial charge in [0.25, 0.3) is 5.91 Å². The van der Waals surface area contributed by atoms with Gasteiger partial charge in [0.1, 0.15) is 6.10 Å². The first-order valence-corrected chi connectivity index (χ1v) is 6.86. The van der Waals surface area contributed by atoms with Crippen LogP contribution in [0.2, 0.25) is 0 Å². The molecule has 5 heteroatoms. The van der Waals surface area contributed by atoms with Crippen LogP contribution in [-0.4, -0.2) is 35.7 Å². The number of carbonyl (C=O) groups excluding carboxylic acids is 1. The minimum atomic E-state index is -0.988. The quantitative estimate of drug-likeness (QED) is 0.888. The summed E-state index contributed by atoms with van der Waals surface area (Å²) in [5.74, 6) is -1.10. The molecule has 1 aromatic carbocycles. The highest BCUT2D eigenvalue weighted by molar-refractivity contribution is 5.99. The van der Waals surface area contributed by atoms with Gasteiger partial charge < -0.3 is 14.7 Å². The van der Waals surface area contributed by atoms with E-state index in [1.165, 1.54) is 5.56 Å². The fourth-order valence-electron chi connectivity index (χ4n) is 3.05. The third kappa shape index (κ3) is 2.08. The van der Waals surface area contributed by atoms with Crippen LogP contribution >= 0.6 is 0 Å². The number of aryl methyl sites for hydroxylation is 1. The zero-order valence-corrected chi connectivity index (χ0v) is 11.3. The fraction of sp³-hybridized carbons (Fsp3) is 0.467. The molecule has 0 aromatic heterocycles. The molecule has 1 amide bonds. The van der Waals surface area contributed by atoms with Crippen molar-refractivity contribution in [3.63, 3.8) is 0 Å². The number of nitrogens with zero attached hydrogens (tertiary/aromatic N) is 1. The number of anilines is 1. The Morgan fingerprint density at radius 2 is 2.05 bits per heavy atom. The Labute approximate surface area is 117 Å². The maximum Gasteiger partial charge on any atom is 0.332 e. The molecule has 106 valence electrons. The average molecular weight is 275 g/mol. The van der Waals surface area contributed by atoms with E-state index in [2.05, 4.69) is 0 Å². The van der Waals surface area contributed by atoms with Crippen molar-refractivity contribution < 1.29 is 19.4 Å². The van der Waals surface area contributed by atoms with Gasteiger partial charge in [-0.1, -0.05) is 18.2 Å². The van der Waals surface area contributed by atoms with E-state index in [9.17, 15) is 9.59 Å². The lowest BCUT2D eigenvalue weighted by Gasteiger charge is -2.22. The van der Waals surface area contributed by atoms with Gasteiger partial charge >= 0.3 is 5.97 Å². The number of aliphatic carboxylic acids is 1. The number of hydrogen-bond donors (Lipinski definition) is 1. The number of carboxylic acids is 1. The number of benzene rings is 1. The van der Waals surface area contributed by atoms with Crippen molar-refractivity contribution in [1.29, 1.82) is 0 Å². The Morgan fingerprint density at radius 1 is 1.30 bits per heavy atom. The van der Waals surface area contributed by atoms with Gasteiger partial charge in [-0.25, -0.2) is 4.79 Å². The van der Waals surface area contributed by atoms with Crippen LogP contribution in [0.4, 0.5) is 5.69 Å². The van der Waals surface area contributed by atoms with E-state index in [4.69, 9.17) is 9.84 Å². The first kappa shape index (κ1) is 13.1. The van der Waals surface area contributed by atoms with Crippen LogP contribution in [0.25, 0.3) is 0 Å². The molecule has 3 rings (SSSR count). The van der Waals surface area contributed by atoms with Gasteiger partial charge in [-0.05, 0) is 37.3 Å². The van der Waals surface area contributed by atoms with Gasteiger partial charge in [0, 0.05) is 12.2 Å². The molecule has 2 heterocycles. The highest BCUT2D eigenvalue weighted by atomic mass is 16.5. The summed E-state index contributed by atoms with van der Waals surface area (Å²) in [7, 11) is 0. The predicted octanol–water partition coefficient (Wildman–Crippen LogP) is 1.52. The lowest BCUT2D eigenvalue weighted by atomic mass is 10.1. The topological polar surface area (TPSA) is 66.8 Å². The normalized spacial score (nSPS) is 24.8. The third-order valence-corrected chi connectivity index (χ3v) is 4.03. The number of amides is 1. The molecule has 2 aliphatic heterocycles. The molecule has 0 bridgehead atoms. The van der Waals surface area contributed by atoms with Crippen molar-refractivity contribution in [3.05, 3.63) is 29.3 Å². The number of fused-ring (bicyclic) bond motifs is 1. The molecule has 0 saturated carbocycles. The molecule has 1 saturated heterocycles. The maximum atomic E-state index is 12.5. The standard InChI is InChI=1S/C15H17NO4/c1-9-3-2-4-10-7-8-16(13(9)10)14(17)11-5-6-12(20-11)15(18)19/h2-4,11-12H,5-8H2,1H3,(H,18,19)/t11-,12+/m0/s1. The minimum Gasteiger partial charge on any atom is -0.479 e. The molecule has 20 heavy (non-hydrogen) atoms. The van der Waals surface area contributed by atoms with E-state index in [-0.39, 0.29) is 5.91 Å². The molecule has 1 fully saturated rings. The second-order valence-corrected chi connectivity index (χ2v) is 5.35. The fourth-order valence-corrected chi connectivity index (χ4v) is 3.05. The number of para-hydroxylation sites is 1. The second kappa shape index (κ2) is 4.90. The summed E-state index contributed by atoms with van der Waals surface area (Å²) in [6.07, 6.45) is 0.260. The number of rotatable bonds is 2. The number of carboxylic acid groups (broad SMARTS) is 1. The van der Waals surface area contributed by atoms with Crippen molar-refractivity contribution in [1.82, 2.24) is 0 Å². The predicted molar refractivity (Wildman–Crippen MR) is 72.8 cm³/mol. The summed E-state index contributed by atoms with van der Waals surface area (Å²) in [5.41, 5.74) is 3.21. The van der Waals surface area contributed by atoms with E-state index < -0.39 is 18.2 Å². The SMILES string of the molecule is Cc1cccc2c1N(C(=O)[C@@H]1CC[C@H](C(=O)O)O1)CC2. The summed E-state index contributed by atoms with van der Waals surface area (Å²) in [5, 5.41) is 8.93. The van der Waals surface area contributed by atoms with E-state index >= 15 is 0 Å². The summed E-state index contributed by atoms with van der Waals surface area (Å²) in [4.78, 5) is 25.2. The molecule has 0 spiro atoms. The van der Waals surface area contributed by atoms with Crippen LogP contribution in [0.5, 0.6) is 0 Å². The Bertz CT molecular complexity index is 569. The Kier molecular flexibility index (Phi) is 3.22. The molecule has 5 nitrogen and oxygen atoms in total. The van der Waals surface area contributed by atoms with Crippen molar-refractivity contribution in [2.75, 3.05) is 11.4 Å². The maximum absolute atomic E-state index is 12.5. The molecule has 0 radical (unpaired) electrons. The summed E-state index contributed by atoms with van der Waals surface area (Å²) in [6.45, 7) is 2.64. The second-order valence-electron chi connectivity index (χ2n) is 5.35. The monoisotopic (exact) mass is 275 g/mol. The first-order valence-electron chi connectivity index (χ1n) is 6.86. The zero-order chi connectivity index (χ0) is 14.3. The number of ether oxygens (including phenoxy) is 1. The highest BCUT2D eigenvalue weighted by Gasteiger charge is 2.38.